The van der Waals surface area contributed by atoms with Crippen molar-refractivity contribution in [3.63, 3.8) is 0 Å². The molecule has 2 aromatic rings. The predicted molar refractivity (Wildman–Crippen MR) is 69.1 cm³/mol. The Morgan fingerprint density at radius 3 is 2.94 bits per heavy atom. The van der Waals surface area contributed by atoms with Gasteiger partial charge in [-0.05, 0) is 28.1 Å². The first-order chi connectivity index (χ1) is 8.60. The van der Waals surface area contributed by atoms with Crippen molar-refractivity contribution >= 4 is 27.5 Å². The molecule has 0 bridgehead atoms. The molecular formula is C11H8BrClFN3O. The van der Waals surface area contributed by atoms with Crippen LogP contribution in [0.5, 0.6) is 11.8 Å². The van der Waals surface area contributed by atoms with Crippen LogP contribution in [0.4, 0.5) is 4.39 Å². The summed E-state index contributed by atoms with van der Waals surface area (Å²) in [6.45, 7) is 0.273. The zero-order valence-corrected chi connectivity index (χ0v) is 11.4. The first-order valence-electron chi connectivity index (χ1n) is 4.94. The van der Waals surface area contributed by atoms with Gasteiger partial charge in [-0.25, -0.2) is 9.37 Å². The van der Waals surface area contributed by atoms with E-state index in [9.17, 15) is 4.39 Å². The van der Waals surface area contributed by atoms with Gasteiger partial charge in [0.25, 0.3) is 0 Å². The second-order valence-electron chi connectivity index (χ2n) is 3.33. The van der Waals surface area contributed by atoms with Crippen LogP contribution in [0.2, 0.25) is 5.02 Å². The van der Waals surface area contributed by atoms with Gasteiger partial charge in [0.1, 0.15) is 11.6 Å². The molecule has 1 aromatic heterocycles. The van der Waals surface area contributed by atoms with Crippen LogP contribution in [0, 0.1) is 5.82 Å². The minimum Gasteiger partial charge on any atom is -0.423 e. The predicted octanol–water partition coefficient (Wildman–Crippen LogP) is 3.28. The van der Waals surface area contributed by atoms with Gasteiger partial charge in [0.2, 0.25) is 0 Å². The smallest absolute Gasteiger partial charge is 0.322 e. The fourth-order valence-corrected chi connectivity index (χ4v) is 1.94. The third kappa shape index (κ3) is 2.95. The largest absolute Gasteiger partial charge is 0.423 e. The quantitative estimate of drug-likeness (QED) is 0.876. The van der Waals surface area contributed by atoms with Crippen molar-refractivity contribution < 1.29 is 9.13 Å². The molecule has 0 unspecified atom stereocenters. The van der Waals surface area contributed by atoms with Gasteiger partial charge in [0, 0.05) is 18.8 Å². The summed E-state index contributed by atoms with van der Waals surface area (Å²) in [6, 6.07) is 4.33. The molecular weight excluding hydrogens is 324 g/mol. The molecule has 0 fully saturated rings. The topological polar surface area (TPSA) is 61.0 Å². The summed E-state index contributed by atoms with van der Waals surface area (Å²) in [5.74, 6) is -0.337. The van der Waals surface area contributed by atoms with Crippen molar-refractivity contribution in [2.75, 3.05) is 0 Å². The Labute approximate surface area is 116 Å². The van der Waals surface area contributed by atoms with Crippen LogP contribution in [0.1, 0.15) is 5.69 Å². The first-order valence-corrected chi connectivity index (χ1v) is 6.11. The lowest BCUT2D eigenvalue weighted by Gasteiger charge is -2.07. The van der Waals surface area contributed by atoms with Gasteiger partial charge in [0.05, 0.1) is 15.2 Å². The number of rotatable bonds is 3. The van der Waals surface area contributed by atoms with Crippen molar-refractivity contribution in [1.29, 1.82) is 0 Å². The molecule has 0 saturated carbocycles. The molecule has 4 nitrogen and oxygen atoms in total. The summed E-state index contributed by atoms with van der Waals surface area (Å²) >= 11 is 8.85. The molecule has 2 rings (SSSR count). The third-order valence-electron chi connectivity index (χ3n) is 2.08. The highest BCUT2D eigenvalue weighted by molar-refractivity contribution is 9.10. The molecule has 0 aliphatic carbocycles. The highest BCUT2D eigenvalue weighted by Crippen LogP contribution is 2.32. The maximum atomic E-state index is 13.3. The van der Waals surface area contributed by atoms with E-state index in [2.05, 4.69) is 25.9 Å². The van der Waals surface area contributed by atoms with E-state index in [-0.39, 0.29) is 23.3 Å². The minimum absolute atomic E-state index is 0.00542. The van der Waals surface area contributed by atoms with Crippen LogP contribution in [0.15, 0.2) is 28.9 Å². The van der Waals surface area contributed by atoms with E-state index in [1.807, 2.05) is 0 Å². The van der Waals surface area contributed by atoms with E-state index in [4.69, 9.17) is 22.1 Å². The summed E-state index contributed by atoms with van der Waals surface area (Å²) in [6.07, 6.45) is 1.52. The fourth-order valence-electron chi connectivity index (χ4n) is 1.22. The summed E-state index contributed by atoms with van der Waals surface area (Å²) in [7, 11) is 0. The van der Waals surface area contributed by atoms with Gasteiger partial charge in [-0.2, -0.15) is 4.98 Å². The van der Waals surface area contributed by atoms with Crippen molar-refractivity contribution in [3.05, 3.63) is 45.4 Å². The molecule has 0 saturated heterocycles. The normalized spacial score (nSPS) is 10.4. The van der Waals surface area contributed by atoms with Crippen LogP contribution >= 0.6 is 27.5 Å². The molecule has 0 aliphatic heterocycles. The maximum absolute atomic E-state index is 13.3. The van der Waals surface area contributed by atoms with Crippen molar-refractivity contribution in [3.8, 4) is 11.8 Å². The van der Waals surface area contributed by atoms with Crippen LogP contribution in [0.3, 0.4) is 0 Å². The van der Waals surface area contributed by atoms with Crippen LogP contribution in [0.25, 0.3) is 0 Å². The molecule has 1 aromatic carbocycles. The molecule has 7 heteroatoms. The third-order valence-corrected chi connectivity index (χ3v) is 2.99. The average molecular weight is 333 g/mol. The summed E-state index contributed by atoms with van der Waals surface area (Å²) in [5.41, 5.74) is 6.08. The molecule has 2 N–H and O–H groups in total. The van der Waals surface area contributed by atoms with E-state index in [0.717, 1.165) is 6.07 Å². The first kappa shape index (κ1) is 13.2. The van der Waals surface area contributed by atoms with Crippen LogP contribution < -0.4 is 10.5 Å². The standard InChI is InChI=1S/C11H8BrClFN3O/c12-7-3-8(13)9(14)4-10(7)18-11-16-2-1-6(5-15)17-11/h1-4H,5,15H2. The molecule has 0 atom stereocenters. The van der Waals surface area contributed by atoms with Gasteiger partial charge < -0.3 is 10.5 Å². The van der Waals surface area contributed by atoms with E-state index < -0.39 is 5.82 Å². The highest BCUT2D eigenvalue weighted by atomic mass is 79.9. The molecule has 18 heavy (non-hydrogen) atoms. The van der Waals surface area contributed by atoms with Gasteiger partial charge in [0.15, 0.2) is 0 Å². The Balaban J connectivity index is 2.30. The molecule has 0 amide bonds. The number of nitrogens with two attached hydrogens (primary N) is 1. The van der Waals surface area contributed by atoms with E-state index in [1.165, 1.54) is 12.3 Å². The lowest BCUT2D eigenvalue weighted by molar-refractivity contribution is 0.433. The number of hydrogen-bond donors (Lipinski definition) is 1. The van der Waals surface area contributed by atoms with Crippen molar-refractivity contribution in [2.24, 2.45) is 5.73 Å². The van der Waals surface area contributed by atoms with E-state index >= 15 is 0 Å². The van der Waals surface area contributed by atoms with Gasteiger partial charge >= 0.3 is 6.01 Å². The van der Waals surface area contributed by atoms with E-state index in [1.54, 1.807) is 6.07 Å². The average Bonchev–Trinajstić information content (AvgIpc) is 2.36. The Bertz CT molecular complexity index is 582. The minimum atomic E-state index is -0.579. The number of benzene rings is 1. The Hall–Kier alpha value is -1.24. The second-order valence-corrected chi connectivity index (χ2v) is 4.60. The molecule has 0 radical (unpaired) electrons. The van der Waals surface area contributed by atoms with Crippen molar-refractivity contribution in [2.45, 2.75) is 6.54 Å². The number of nitrogens with zero attached hydrogens (tertiary/aromatic N) is 2. The lowest BCUT2D eigenvalue weighted by atomic mass is 10.3. The zero-order chi connectivity index (χ0) is 13.1. The maximum Gasteiger partial charge on any atom is 0.322 e. The molecule has 1 heterocycles. The SMILES string of the molecule is NCc1ccnc(Oc2cc(F)c(Cl)cc2Br)n1. The second kappa shape index (κ2) is 5.60. The van der Waals surface area contributed by atoms with Gasteiger partial charge in [-0.15, -0.1) is 0 Å². The number of ether oxygens (including phenoxy) is 1. The summed E-state index contributed by atoms with van der Waals surface area (Å²) in [4.78, 5) is 7.96. The fraction of sp³-hybridized carbons (Fsp3) is 0.0909. The molecule has 94 valence electrons. The summed E-state index contributed by atoms with van der Waals surface area (Å²) < 4.78 is 19.2. The Kier molecular flexibility index (Phi) is 4.11. The zero-order valence-electron chi connectivity index (χ0n) is 9.03. The monoisotopic (exact) mass is 331 g/mol. The van der Waals surface area contributed by atoms with Crippen LogP contribution in [-0.4, -0.2) is 9.97 Å². The molecule has 0 spiro atoms. The number of hydrogen-bond acceptors (Lipinski definition) is 4. The van der Waals surface area contributed by atoms with E-state index in [0.29, 0.717) is 10.2 Å². The number of aromatic nitrogens is 2. The van der Waals surface area contributed by atoms with Crippen molar-refractivity contribution in [1.82, 2.24) is 9.97 Å². The summed E-state index contributed by atoms with van der Waals surface area (Å²) in [5, 5.41) is 0.00542. The molecule has 0 aliphatic rings. The lowest BCUT2D eigenvalue weighted by Crippen LogP contribution is -2.02. The number of halogens is 3. The highest BCUT2D eigenvalue weighted by Gasteiger charge is 2.10. The van der Waals surface area contributed by atoms with Gasteiger partial charge in [-0.1, -0.05) is 11.6 Å². The Morgan fingerprint density at radius 1 is 1.44 bits per heavy atom. The van der Waals surface area contributed by atoms with Crippen LogP contribution in [-0.2, 0) is 6.54 Å². The van der Waals surface area contributed by atoms with Gasteiger partial charge in [-0.3, -0.25) is 0 Å². The Morgan fingerprint density at radius 2 is 2.22 bits per heavy atom.